The molecule has 1 saturated heterocycles. The molecule has 0 spiro atoms. The second-order valence-corrected chi connectivity index (χ2v) is 9.43. The molecule has 1 fully saturated rings. The summed E-state index contributed by atoms with van der Waals surface area (Å²) in [4.78, 5) is 19.2. The summed E-state index contributed by atoms with van der Waals surface area (Å²) >= 11 is 0. The number of nitrogens with zero attached hydrogens (tertiary/aromatic N) is 5. The van der Waals surface area contributed by atoms with Crippen LogP contribution in [-0.2, 0) is 26.3 Å². The van der Waals surface area contributed by atoms with Crippen molar-refractivity contribution < 1.29 is 18.0 Å². The molecule has 6 nitrogen and oxygen atoms in total. The summed E-state index contributed by atoms with van der Waals surface area (Å²) in [5.74, 6) is 0.426. The molecule has 2 aliphatic heterocycles. The first kappa shape index (κ1) is 23.3. The van der Waals surface area contributed by atoms with Crippen LogP contribution in [0, 0.1) is 13.8 Å². The lowest BCUT2D eigenvalue weighted by molar-refractivity contribution is -0.138. The largest absolute Gasteiger partial charge is 0.416 e. The fourth-order valence-electron chi connectivity index (χ4n) is 5.40. The van der Waals surface area contributed by atoms with E-state index >= 15 is 0 Å². The number of amides is 2. The molecule has 1 atom stereocenters. The topological polar surface area (TPSA) is 44.6 Å². The molecule has 0 radical (unpaired) electrons. The zero-order valence-corrected chi connectivity index (χ0v) is 20.0. The number of para-hydroxylation sites is 1. The van der Waals surface area contributed by atoms with Crippen molar-refractivity contribution in [1.82, 2.24) is 14.7 Å². The van der Waals surface area contributed by atoms with Crippen LogP contribution in [0.3, 0.4) is 0 Å². The third-order valence-corrected chi connectivity index (χ3v) is 6.97. The minimum atomic E-state index is -4.50. The number of carbonyl (C=O) groups excluding carboxylic acids is 1. The van der Waals surface area contributed by atoms with Gasteiger partial charge >= 0.3 is 12.2 Å². The number of aryl methyl sites for hydroxylation is 3. The number of hydrogen-bond donors (Lipinski definition) is 0. The van der Waals surface area contributed by atoms with Crippen LogP contribution in [0.5, 0.6) is 0 Å². The number of fused-ring (bicyclic) bond motifs is 1. The number of halogens is 3. The van der Waals surface area contributed by atoms with E-state index in [9.17, 15) is 18.0 Å². The van der Waals surface area contributed by atoms with Crippen LogP contribution < -0.4 is 9.80 Å². The Morgan fingerprint density at radius 2 is 1.77 bits per heavy atom. The minimum Gasteiger partial charge on any atom is -0.369 e. The van der Waals surface area contributed by atoms with E-state index in [0.29, 0.717) is 18.9 Å². The van der Waals surface area contributed by atoms with Gasteiger partial charge in [0.2, 0.25) is 0 Å². The third kappa shape index (κ3) is 4.24. The van der Waals surface area contributed by atoms with Gasteiger partial charge in [-0.05, 0) is 43.0 Å². The van der Waals surface area contributed by atoms with Crippen molar-refractivity contribution in [2.24, 2.45) is 7.05 Å². The highest BCUT2D eigenvalue weighted by molar-refractivity contribution is 5.94. The van der Waals surface area contributed by atoms with Crippen LogP contribution in [0.15, 0.2) is 48.7 Å². The van der Waals surface area contributed by atoms with Gasteiger partial charge in [-0.25, -0.2) is 4.79 Å². The summed E-state index contributed by atoms with van der Waals surface area (Å²) < 4.78 is 42.6. The zero-order chi connectivity index (χ0) is 24.9. The van der Waals surface area contributed by atoms with Gasteiger partial charge in [0.05, 0.1) is 24.7 Å². The number of hydrogen-bond acceptors (Lipinski definition) is 3. The van der Waals surface area contributed by atoms with Crippen LogP contribution in [0.25, 0.3) is 0 Å². The van der Waals surface area contributed by atoms with Gasteiger partial charge in [-0.3, -0.25) is 9.58 Å². The van der Waals surface area contributed by atoms with Crippen LogP contribution in [-0.4, -0.2) is 39.8 Å². The van der Waals surface area contributed by atoms with Crippen LogP contribution in [0.1, 0.15) is 34.2 Å². The van der Waals surface area contributed by atoms with Crippen molar-refractivity contribution >= 4 is 17.5 Å². The van der Waals surface area contributed by atoms with Crippen LogP contribution in [0.4, 0.5) is 29.5 Å². The number of anilines is 2. The lowest BCUT2D eigenvalue weighted by Gasteiger charge is -2.38. The fourth-order valence-corrected chi connectivity index (χ4v) is 5.40. The molecule has 35 heavy (non-hydrogen) atoms. The van der Waals surface area contributed by atoms with E-state index in [4.69, 9.17) is 0 Å². The second kappa shape index (κ2) is 8.62. The molecular formula is C26H28F3N5O. The molecule has 3 aromatic rings. The van der Waals surface area contributed by atoms with E-state index in [-0.39, 0.29) is 24.2 Å². The number of urea groups is 1. The minimum absolute atomic E-state index is 0.0461. The fraction of sp³-hybridized carbons (Fsp3) is 0.385. The zero-order valence-electron chi connectivity index (χ0n) is 20.0. The Kier molecular flexibility index (Phi) is 5.73. The lowest BCUT2D eigenvalue weighted by Crippen LogP contribution is -2.52. The summed E-state index contributed by atoms with van der Waals surface area (Å²) in [5.41, 5.74) is 3.73. The standard InChI is InChI=1S/C26H28F3N5O/c1-17-7-6-8-18(2)23(17)32-12-11-21(16-32)33-15-20-13-31(3)30-24(20)34(25(33)35)14-19-9-4-5-10-22(19)26(27,28)29/h4-10,13,21H,11-12,14-16H2,1-3H3. The number of rotatable bonds is 4. The van der Waals surface area contributed by atoms with E-state index in [1.54, 1.807) is 22.7 Å². The quantitative estimate of drug-likeness (QED) is 0.508. The predicted molar refractivity (Wildman–Crippen MR) is 128 cm³/mol. The van der Waals surface area contributed by atoms with Gasteiger partial charge in [-0.15, -0.1) is 0 Å². The van der Waals surface area contributed by atoms with Gasteiger partial charge in [0, 0.05) is 37.6 Å². The summed E-state index contributed by atoms with van der Waals surface area (Å²) in [6.07, 6.45) is -1.86. The summed E-state index contributed by atoms with van der Waals surface area (Å²) in [7, 11) is 1.76. The molecule has 0 aliphatic carbocycles. The van der Waals surface area contributed by atoms with Crippen molar-refractivity contribution in [3.05, 3.63) is 76.5 Å². The van der Waals surface area contributed by atoms with Crippen molar-refractivity contribution in [2.75, 3.05) is 22.9 Å². The first-order valence-electron chi connectivity index (χ1n) is 11.7. The Morgan fingerprint density at radius 3 is 2.49 bits per heavy atom. The monoisotopic (exact) mass is 483 g/mol. The predicted octanol–water partition coefficient (Wildman–Crippen LogP) is 5.28. The molecule has 1 unspecified atom stereocenters. The van der Waals surface area contributed by atoms with Gasteiger partial charge < -0.3 is 9.80 Å². The number of benzene rings is 2. The Bertz CT molecular complexity index is 1250. The average Bonchev–Trinajstić information content (AvgIpc) is 3.41. The van der Waals surface area contributed by atoms with Crippen molar-refractivity contribution in [2.45, 2.75) is 45.6 Å². The molecule has 0 saturated carbocycles. The SMILES string of the molecule is Cc1cccc(C)c1N1CCC(N2Cc3cn(C)nc3N(Cc3ccccc3C(F)(F)F)C2=O)C1. The van der Waals surface area contributed by atoms with Crippen LogP contribution >= 0.6 is 0 Å². The highest BCUT2D eigenvalue weighted by Gasteiger charge is 2.41. The summed E-state index contributed by atoms with van der Waals surface area (Å²) in [6.45, 7) is 5.87. The number of aromatic nitrogens is 2. The maximum atomic E-state index is 13.7. The maximum absolute atomic E-state index is 13.7. The number of carbonyl (C=O) groups is 1. The third-order valence-electron chi connectivity index (χ3n) is 6.97. The first-order valence-corrected chi connectivity index (χ1v) is 11.7. The van der Waals surface area contributed by atoms with Crippen molar-refractivity contribution in [3.63, 3.8) is 0 Å². The Hall–Kier alpha value is -3.49. The highest BCUT2D eigenvalue weighted by Crippen LogP contribution is 2.37. The molecule has 0 bridgehead atoms. The lowest BCUT2D eigenvalue weighted by atomic mass is 10.1. The molecule has 1 aromatic heterocycles. The average molecular weight is 484 g/mol. The van der Waals surface area contributed by atoms with E-state index in [0.717, 1.165) is 24.6 Å². The normalized spacial score (nSPS) is 18.4. The Balaban J connectivity index is 1.45. The van der Waals surface area contributed by atoms with Crippen molar-refractivity contribution in [3.8, 4) is 0 Å². The van der Waals surface area contributed by atoms with E-state index in [2.05, 4.69) is 36.0 Å². The van der Waals surface area contributed by atoms with Crippen molar-refractivity contribution in [1.29, 1.82) is 0 Å². The molecule has 2 amide bonds. The summed E-state index contributed by atoms with van der Waals surface area (Å²) in [6, 6.07) is 11.3. The van der Waals surface area contributed by atoms with Gasteiger partial charge in [-0.2, -0.15) is 18.3 Å². The van der Waals surface area contributed by atoms with Gasteiger partial charge in [-0.1, -0.05) is 36.4 Å². The molecule has 0 N–H and O–H groups in total. The first-order chi connectivity index (χ1) is 16.6. The Morgan fingerprint density at radius 1 is 1.06 bits per heavy atom. The van der Waals surface area contributed by atoms with E-state index in [1.165, 1.54) is 33.8 Å². The van der Waals surface area contributed by atoms with E-state index in [1.807, 2.05) is 12.3 Å². The van der Waals surface area contributed by atoms with Gasteiger partial charge in [0.25, 0.3) is 0 Å². The summed E-state index contributed by atoms with van der Waals surface area (Å²) in [5, 5.41) is 4.42. The highest BCUT2D eigenvalue weighted by atomic mass is 19.4. The molecule has 2 aliphatic rings. The maximum Gasteiger partial charge on any atom is 0.416 e. The molecule has 3 heterocycles. The van der Waals surface area contributed by atoms with E-state index < -0.39 is 11.7 Å². The molecular weight excluding hydrogens is 455 g/mol. The number of alkyl halides is 3. The Labute approximate surface area is 202 Å². The van der Waals surface area contributed by atoms with Gasteiger partial charge in [0.15, 0.2) is 5.82 Å². The molecule has 5 rings (SSSR count). The second-order valence-electron chi connectivity index (χ2n) is 9.43. The molecule has 2 aromatic carbocycles. The molecule has 9 heteroatoms. The van der Waals surface area contributed by atoms with Gasteiger partial charge in [0.1, 0.15) is 0 Å². The molecule has 184 valence electrons. The smallest absolute Gasteiger partial charge is 0.369 e. The van der Waals surface area contributed by atoms with Crippen LogP contribution in [0.2, 0.25) is 0 Å².